The van der Waals surface area contributed by atoms with E-state index in [2.05, 4.69) is 15.9 Å². The third-order valence-electron chi connectivity index (χ3n) is 5.31. The summed E-state index contributed by atoms with van der Waals surface area (Å²) in [6.45, 7) is 3.48. The predicted octanol–water partition coefficient (Wildman–Crippen LogP) is 5.34. The summed E-state index contributed by atoms with van der Waals surface area (Å²) >= 11 is 3.44. The van der Waals surface area contributed by atoms with Crippen molar-refractivity contribution in [3.05, 3.63) is 45.9 Å². The lowest BCUT2D eigenvalue weighted by atomic mass is 10.1. The van der Waals surface area contributed by atoms with E-state index >= 15 is 0 Å². The van der Waals surface area contributed by atoms with E-state index < -0.39 is 19.8 Å². The van der Waals surface area contributed by atoms with E-state index in [0.717, 1.165) is 5.56 Å². The third-order valence-corrected chi connectivity index (χ3v) is 8.22. The first-order chi connectivity index (χ1) is 17.2. The number of carboxylic acid groups (broad SMARTS) is 1. The van der Waals surface area contributed by atoms with E-state index in [-0.39, 0.29) is 19.8 Å². The number of benzene rings is 2. The minimum absolute atomic E-state index is 0.0323. The van der Waals surface area contributed by atoms with Gasteiger partial charge in [-0.1, -0.05) is 22.0 Å². The minimum Gasteiger partial charge on any atom is -0.493 e. The van der Waals surface area contributed by atoms with E-state index in [1.54, 1.807) is 32.0 Å². The Hall–Kier alpha value is -2.30. The maximum Gasteiger partial charge on any atom is 0.409 e. The zero-order chi connectivity index (χ0) is 26.9. The Labute approximate surface area is 220 Å². The second-order valence-electron chi connectivity index (χ2n) is 7.38. The highest BCUT2D eigenvalue weighted by molar-refractivity contribution is 9.10. The standard InChI is InChI=1S/C24H33BrNO9P/c1-7-34-36(29,35-8-2)26(12-11-16-9-10-19(30-3)20(13-16)31-4)23(24(27)28)17-14-21(32-5)22(33-6)15-18(17)25/h9-10,13-15,23H,7-8,11-12H2,1-6H3,(H,27,28). The van der Waals surface area contributed by atoms with Gasteiger partial charge in [-0.15, -0.1) is 0 Å². The molecule has 0 saturated heterocycles. The number of hydrogen-bond donors (Lipinski definition) is 1. The van der Waals surface area contributed by atoms with Crippen molar-refractivity contribution in [2.45, 2.75) is 26.3 Å². The highest BCUT2D eigenvalue weighted by Crippen LogP contribution is 2.57. The lowest BCUT2D eigenvalue weighted by Crippen LogP contribution is -2.35. The molecule has 0 radical (unpaired) electrons. The van der Waals surface area contributed by atoms with Crippen LogP contribution in [0.4, 0.5) is 0 Å². The molecule has 36 heavy (non-hydrogen) atoms. The van der Waals surface area contributed by atoms with Crippen molar-refractivity contribution in [1.82, 2.24) is 4.67 Å². The van der Waals surface area contributed by atoms with Crippen molar-refractivity contribution in [3.8, 4) is 23.0 Å². The SMILES string of the molecule is CCOP(=O)(OCC)N(CCc1ccc(OC)c(OC)c1)C(C(=O)O)c1cc(OC)c(OC)cc1Br. The number of hydrogen-bond acceptors (Lipinski definition) is 8. The zero-order valence-corrected chi connectivity index (χ0v) is 23.8. The molecule has 0 spiro atoms. The lowest BCUT2D eigenvalue weighted by Gasteiger charge is -2.34. The van der Waals surface area contributed by atoms with Crippen molar-refractivity contribution >= 4 is 29.6 Å². The molecule has 0 aromatic heterocycles. The van der Waals surface area contributed by atoms with Gasteiger partial charge in [0.2, 0.25) is 0 Å². The number of carboxylic acids is 1. The Morgan fingerprint density at radius 3 is 1.94 bits per heavy atom. The third kappa shape index (κ3) is 6.92. The summed E-state index contributed by atoms with van der Waals surface area (Å²) in [5.74, 6) is 0.577. The number of nitrogens with zero attached hydrogens (tertiary/aromatic N) is 1. The van der Waals surface area contributed by atoms with Crippen molar-refractivity contribution in [2.75, 3.05) is 48.2 Å². The van der Waals surface area contributed by atoms with Gasteiger partial charge < -0.3 is 24.1 Å². The van der Waals surface area contributed by atoms with Crippen LogP contribution in [0, 0.1) is 0 Å². The normalized spacial score (nSPS) is 12.3. The fourth-order valence-electron chi connectivity index (χ4n) is 3.69. The molecule has 0 saturated carbocycles. The van der Waals surface area contributed by atoms with Crippen molar-refractivity contribution < 1.29 is 42.5 Å². The van der Waals surface area contributed by atoms with Gasteiger partial charge in [-0.05, 0) is 55.7 Å². The van der Waals surface area contributed by atoms with E-state index in [9.17, 15) is 14.5 Å². The van der Waals surface area contributed by atoms with Crippen LogP contribution in [0.2, 0.25) is 0 Å². The highest BCUT2D eigenvalue weighted by atomic mass is 79.9. The van der Waals surface area contributed by atoms with Crippen molar-refractivity contribution in [2.24, 2.45) is 0 Å². The van der Waals surface area contributed by atoms with Crippen LogP contribution < -0.4 is 18.9 Å². The van der Waals surface area contributed by atoms with Crippen LogP contribution >= 0.6 is 23.7 Å². The van der Waals surface area contributed by atoms with Gasteiger partial charge in [0.25, 0.3) is 0 Å². The molecule has 1 N–H and O–H groups in total. The van der Waals surface area contributed by atoms with Crippen molar-refractivity contribution in [3.63, 3.8) is 0 Å². The largest absolute Gasteiger partial charge is 0.493 e. The maximum absolute atomic E-state index is 14.0. The number of carbonyl (C=O) groups is 1. The van der Waals surface area contributed by atoms with Gasteiger partial charge in [-0.3, -0.25) is 13.8 Å². The minimum atomic E-state index is -4.03. The average Bonchev–Trinajstić information content (AvgIpc) is 2.86. The molecule has 0 aliphatic rings. The first-order valence-corrected chi connectivity index (χ1v) is 13.5. The van der Waals surface area contributed by atoms with Crippen LogP contribution in [-0.2, 0) is 24.8 Å². The first kappa shape index (κ1) is 29.9. The van der Waals surface area contributed by atoms with Gasteiger partial charge in [0.05, 0.1) is 41.7 Å². The molecule has 1 unspecified atom stereocenters. The quantitative estimate of drug-likeness (QED) is 0.273. The molecule has 200 valence electrons. The van der Waals surface area contributed by atoms with Gasteiger partial charge in [0, 0.05) is 11.0 Å². The number of ether oxygens (including phenoxy) is 4. The van der Waals surface area contributed by atoms with Crippen LogP contribution in [0.1, 0.15) is 31.0 Å². The fraction of sp³-hybridized carbons (Fsp3) is 0.458. The molecule has 0 fully saturated rings. The molecule has 10 nitrogen and oxygen atoms in total. The molecule has 0 heterocycles. The Bertz CT molecular complexity index is 1070. The average molecular weight is 590 g/mol. The molecule has 0 aliphatic heterocycles. The van der Waals surface area contributed by atoms with E-state index in [1.165, 1.54) is 39.2 Å². The Morgan fingerprint density at radius 1 is 0.917 bits per heavy atom. The molecule has 0 bridgehead atoms. The molecule has 2 aromatic carbocycles. The van der Waals surface area contributed by atoms with E-state index in [0.29, 0.717) is 39.5 Å². The van der Waals surface area contributed by atoms with Gasteiger partial charge in [0.1, 0.15) is 6.04 Å². The van der Waals surface area contributed by atoms with Gasteiger partial charge in [-0.2, -0.15) is 4.67 Å². The van der Waals surface area contributed by atoms with E-state index in [4.69, 9.17) is 28.0 Å². The molecule has 0 aliphatic carbocycles. The molecule has 2 rings (SSSR count). The van der Waals surface area contributed by atoms with Gasteiger partial charge >= 0.3 is 13.7 Å². The van der Waals surface area contributed by atoms with Crippen LogP contribution in [0.25, 0.3) is 0 Å². The molecule has 12 heteroatoms. The summed E-state index contributed by atoms with van der Waals surface area (Å²) in [5.41, 5.74) is 1.11. The van der Waals surface area contributed by atoms with Crippen LogP contribution in [0.5, 0.6) is 23.0 Å². The summed E-state index contributed by atoms with van der Waals surface area (Å²) in [4.78, 5) is 12.7. The number of halogens is 1. The molecule has 2 aromatic rings. The molecule has 1 atom stereocenters. The number of methoxy groups -OCH3 is 4. The number of rotatable bonds is 15. The second-order valence-corrected chi connectivity index (χ2v) is 10.2. The van der Waals surface area contributed by atoms with Gasteiger partial charge in [0.15, 0.2) is 23.0 Å². The van der Waals surface area contributed by atoms with Crippen LogP contribution in [0.15, 0.2) is 34.8 Å². The Balaban J connectivity index is 2.61. The van der Waals surface area contributed by atoms with Crippen molar-refractivity contribution in [1.29, 1.82) is 0 Å². The fourth-order valence-corrected chi connectivity index (χ4v) is 6.10. The van der Waals surface area contributed by atoms with Crippen LogP contribution in [0.3, 0.4) is 0 Å². The molecule has 0 amide bonds. The van der Waals surface area contributed by atoms with Gasteiger partial charge in [-0.25, -0.2) is 4.57 Å². The summed E-state index contributed by atoms with van der Waals surface area (Å²) < 4.78 is 48.2. The lowest BCUT2D eigenvalue weighted by molar-refractivity contribution is -0.142. The predicted molar refractivity (Wildman–Crippen MR) is 138 cm³/mol. The molecular formula is C24H33BrNO9P. The maximum atomic E-state index is 14.0. The van der Waals surface area contributed by atoms with Crippen LogP contribution in [-0.4, -0.2) is 63.9 Å². The smallest absolute Gasteiger partial charge is 0.409 e. The Kier molecular flexibility index (Phi) is 11.5. The Morgan fingerprint density at radius 2 is 1.44 bits per heavy atom. The first-order valence-electron chi connectivity index (χ1n) is 11.2. The molecular weight excluding hydrogens is 557 g/mol. The summed E-state index contributed by atoms with van der Waals surface area (Å²) in [5, 5.41) is 10.4. The zero-order valence-electron chi connectivity index (χ0n) is 21.3. The van der Waals surface area contributed by atoms with E-state index in [1.807, 2.05) is 6.07 Å². The summed E-state index contributed by atoms with van der Waals surface area (Å²) in [6, 6.07) is 7.10. The summed E-state index contributed by atoms with van der Waals surface area (Å²) in [7, 11) is 1.96. The topological polar surface area (TPSA) is 113 Å². The number of aliphatic carboxylic acids is 1. The second kappa shape index (κ2) is 13.9. The summed E-state index contributed by atoms with van der Waals surface area (Å²) in [6.07, 6.45) is 0.319. The highest BCUT2D eigenvalue weighted by Gasteiger charge is 2.43. The monoisotopic (exact) mass is 589 g/mol.